The first-order valence-electron chi connectivity index (χ1n) is 5.62. The van der Waals surface area contributed by atoms with Crippen molar-refractivity contribution in [1.29, 1.82) is 0 Å². The van der Waals surface area contributed by atoms with Crippen LogP contribution in [0, 0.1) is 5.92 Å². The minimum absolute atomic E-state index is 0.0369. The molecule has 0 aromatic carbocycles. The van der Waals surface area contributed by atoms with E-state index in [9.17, 15) is 4.79 Å². The molecular weight excluding hydrogens is 258 g/mol. The Hall–Kier alpha value is -0.740. The van der Waals surface area contributed by atoms with Gasteiger partial charge < -0.3 is 9.64 Å². The molecule has 94 valence electrons. The summed E-state index contributed by atoms with van der Waals surface area (Å²) < 4.78 is 5.16. The minimum Gasteiger partial charge on any atom is -0.495 e. The number of carbonyl (C=O) groups is 1. The molecule has 1 aromatic heterocycles. The number of carbonyl (C=O) groups excluding carboxylic acids is 1. The Balaban J connectivity index is 1.95. The quantitative estimate of drug-likeness (QED) is 0.790. The third-order valence-corrected chi connectivity index (χ3v) is 4.34. The maximum absolute atomic E-state index is 12.2. The molecule has 2 rings (SSSR count). The normalized spacial score (nSPS) is 23.0. The Morgan fingerprint density at radius 1 is 1.65 bits per heavy atom. The predicted octanol–water partition coefficient (Wildman–Crippen LogP) is 2.85. The van der Waals surface area contributed by atoms with Crippen molar-refractivity contribution in [3.05, 3.63) is 16.3 Å². The standard InChI is InChI=1S/C12H16ClNO2S/c1-14(7-8-5-9(13)6-8)12(15)11-10(16-2)3-4-17-11/h3-4,8-9H,5-7H2,1-2H3. The van der Waals surface area contributed by atoms with Gasteiger partial charge in [-0.15, -0.1) is 22.9 Å². The molecule has 1 aliphatic carbocycles. The van der Waals surface area contributed by atoms with Crippen molar-refractivity contribution >= 4 is 28.8 Å². The number of hydrogen-bond acceptors (Lipinski definition) is 3. The van der Waals surface area contributed by atoms with Gasteiger partial charge in [-0.1, -0.05) is 0 Å². The number of hydrogen-bond donors (Lipinski definition) is 0. The second kappa shape index (κ2) is 5.27. The third-order valence-electron chi connectivity index (χ3n) is 3.10. The fourth-order valence-corrected chi connectivity index (χ4v) is 3.42. The first kappa shape index (κ1) is 12.7. The molecule has 1 heterocycles. The number of alkyl halides is 1. The van der Waals surface area contributed by atoms with E-state index in [0.717, 1.165) is 19.4 Å². The SMILES string of the molecule is COc1ccsc1C(=O)N(C)CC1CC(Cl)C1. The van der Waals surface area contributed by atoms with Gasteiger partial charge in [-0.05, 0) is 30.2 Å². The van der Waals surface area contributed by atoms with Crippen LogP contribution in [0.15, 0.2) is 11.4 Å². The van der Waals surface area contributed by atoms with Crippen LogP contribution in [0.2, 0.25) is 0 Å². The molecule has 0 bridgehead atoms. The average Bonchev–Trinajstić information content (AvgIpc) is 2.73. The van der Waals surface area contributed by atoms with Crippen LogP contribution in [0.25, 0.3) is 0 Å². The van der Waals surface area contributed by atoms with Crippen LogP contribution in [-0.4, -0.2) is 36.9 Å². The lowest BCUT2D eigenvalue weighted by Gasteiger charge is -2.34. The van der Waals surface area contributed by atoms with Crippen LogP contribution >= 0.6 is 22.9 Å². The second-order valence-electron chi connectivity index (χ2n) is 4.44. The molecular formula is C12H16ClNO2S. The zero-order chi connectivity index (χ0) is 12.4. The first-order valence-corrected chi connectivity index (χ1v) is 6.94. The molecule has 3 nitrogen and oxygen atoms in total. The second-order valence-corrected chi connectivity index (χ2v) is 5.97. The molecule has 0 N–H and O–H groups in total. The highest BCUT2D eigenvalue weighted by atomic mass is 35.5. The summed E-state index contributed by atoms with van der Waals surface area (Å²) in [5, 5.41) is 2.18. The number of methoxy groups -OCH3 is 1. The maximum atomic E-state index is 12.2. The largest absolute Gasteiger partial charge is 0.495 e. The molecule has 0 aliphatic heterocycles. The first-order chi connectivity index (χ1) is 8.11. The van der Waals surface area contributed by atoms with Crippen LogP contribution in [0.5, 0.6) is 5.75 Å². The minimum atomic E-state index is 0.0369. The lowest BCUT2D eigenvalue weighted by molar-refractivity contribution is 0.0748. The van der Waals surface area contributed by atoms with Crippen LogP contribution in [0.4, 0.5) is 0 Å². The van der Waals surface area contributed by atoms with Crippen molar-refractivity contribution in [3.8, 4) is 5.75 Å². The van der Waals surface area contributed by atoms with Crippen LogP contribution in [0.3, 0.4) is 0 Å². The van der Waals surface area contributed by atoms with Crippen molar-refractivity contribution < 1.29 is 9.53 Å². The van der Waals surface area contributed by atoms with Gasteiger partial charge in [0.05, 0.1) is 7.11 Å². The number of amides is 1. The molecule has 1 fully saturated rings. The molecule has 1 amide bonds. The monoisotopic (exact) mass is 273 g/mol. The Kier molecular flexibility index (Phi) is 3.94. The smallest absolute Gasteiger partial charge is 0.267 e. The summed E-state index contributed by atoms with van der Waals surface area (Å²) in [6.45, 7) is 0.781. The molecule has 0 unspecified atom stereocenters. The maximum Gasteiger partial charge on any atom is 0.267 e. The highest BCUT2D eigenvalue weighted by molar-refractivity contribution is 7.12. The van der Waals surface area contributed by atoms with Gasteiger partial charge in [0, 0.05) is 19.0 Å². The molecule has 1 aliphatic rings. The van der Waals surface area contributed by atoms with Gasteiger partial charge in [-0.2, -0.15) is 0 Å². The highest BCUT2D eigenvalue weighted by Gasteiger charge is 2.30. The van der Waals surface area contributed by atoms with Gasteiger partial charge >= 0.3 is 0 Å². The van der Waals surface area contributed by atoms with E-state index in [4.69, 9.17) is 16.3 Å². The Labute approximate surface area is 110 Å². The number of thiophene rings is 1. The zero-order valence-electron chi connectivity index (χ0n) is 9.98. The van der Waals surface area contributed by atoms with Gasteiger partial charge in [-0.3, -0.25) is 4.79 Å². The predicted molar refractivity (Wildman–Crippen MR) is 70.2 cm³/mol. The molecule has 1 saturated carbocycles. The number of rotatable bonds is 4. The summed E-state index contributed by atoms with van der Waals surface area (Å²) in [5.74, 6) is 1.25. The molecule has 0 saturated heterocycles. The van der Waals surface area contributed by atoms with Crippen LogP contribution < -0.4 is 4.74 Å². The van der Waals surface area contributed by atoms with Gasteiger partial charge in [0.15, 0.2) is 0 Å². The Morgan fingerprint density at radius 3 is 2.94 bits per heavy atom. The summed E-state index contributed by atoms with van der Waals surface area (Å²) >= 11 is 7.35. The van der Waals surface area contributed by atoms with Crippen molar-refractivity contribution in [2.75, 3.05) is 20.7 Å². The molecule has 0 atom stereocenters. The number of nitrogens with zero attached hydrogens (tertiary/aromatic N) is 1. The van der Waals surface area contributed by atoms with Gasteiger partial charge in [0.1, 0.15) is 10.6 Å². The van der Waals surface area contributed by atoms with E-state index in [0.29, 0.717) is 21.9 Å². The average molecular weight is 274 g/mol. The third kappa shape index (κ3) is 2.75. The zero-order valence-corrected chi connectivity index (χ0v) is 11.6. The topological polar surface area (TPSA) is 29.5 Å². The highest BCUT2D eigenvalue weighted by Crippen LogP contribution is 2.33. The van der Waals surface area contributed by atoms with E-state index in [2.05, 4.69) is 0 Å². The van der Waals surface area contributed by atoms with Crippen molar-refractivity contribution in [2.45, 2.75) is 18.2 Å². The fraction of sp³-hybridized carbons (Fsp3) is 0.583. The molecule has 17 heavy (non-hydrogen) atoms. The van der Waals surface area contributed by atoms with E-state index in [-0.39, 0.29) is 5.91 Å². The molecule has 1 aromatic rings. The Bertz CT molecular complexity index is 401. The van der Waals surface area contributed by atoms with Gasteiger partial charge in [-0.25, -0.2) is 0 Å². The van der Waals surface area contributed by atoms with E-state index in [1.54, 1.807) is 12.0 Å². The summed E-state index contributed by atoms with van der Waals surface area (Å²) in [7, 11) is 3.42. The van der Waals surface area contributed by atoms with Gasteiger partial charge in [0.2, 0.25) is 0 Å². The van der Waals surface area contributed by atoms with Crippen LogP contribution in [-0.2, 0) is 0 Å². The number of halogens is 1. The summed E-state index contributed by atoms with van der Waals surface area (Å²) in [5.41, 5.74) is 0. The number of ether oxygens (including phenoxy) is 1. The van der Waals surface area contributed by atoms with E-state index < -0.39 is 0 Å². The fourth-order valence-electron chi connectivity index (χ4n) is 2.06. The summed E-state index contributed by atoms with van der Waals surface area (Å²) in [6, 6.07) is 1.82. The lowest BCUT2D eigenvalue weighted by Crippen LogP contribution is -2.37. The molecule has 0 spiro atoms. The lowest BCUT2D eigenvalue weighted by atomic mass is 9.84. The van der Waals surface area contributed by atoms with Crippen molar-refractivity contribution in [2.24, 2.45) is 5.92 Å². The van der Waals surface area contributed by atoms with E-state index in [1.165, 1.54) is 11.3 Å². The van der Waals surface area contributed by atoms with E-state index >= 15 is 0 Å². The van der Waals surface area contributed by atoms with E-state index in [1.807, 2.05) is 18.5 Å². The van der Waals surface area contributed by atoms with Crippen molar-refractivity contribution in [3.63, 3.8) is 0 Å². The van der Waals surface area contributed by atoms with Gasteiger partial charge in [0.25, 0.3) is 5.91 Å². The van der Waals surface area contributed by atoms with Crippen LogP contribution in [0.1, 0.15) is 22.5 Å². The summed E-state index contributed by atoms with van der Waals surface area (Å²) in [4.78, 5) is 14.6. The van der Waals surface area contributed by atoms with Crippen molar-refractivity contribution in [1.82, 2.24) is 4.90 Å². The summed E-state index contributed by atoms with van der Waals surface area (Å²) in [6.07, 6.45) is 2.03. The molecule has 5 heteroatoms. The molecule has 0 radical (unpaired) electrons. The Morgan fingerprint density at radius 2 is 2.35 bits per heavy atom.